The Kier molecular flexibility index (Phi) is 7.05. The number of nitrogens with zero attached hydrogens (tertiary/aromatic N) is 5. The number of ether oxygens (including phenoxy) is 2. The summed E-state index contributed by atoms with van der Waals surface area (Å²) >= 11 is 0. The van der Waals surface area contributed by atoms with Crippen molar-refractivity contribution >= 4 is 46.6 Å². The Bertz CT molecular complexity index is 1280. The van der Waals surface area contributed by atoms with Crippen LogP contribution in [0.15, 0.2) is 34.9 Å². The number of oxazole rings is 1. The molecule has 0 bridgehead atoms. The molecular weight excluding hydrogens is 464 g/mol. The highest BCUT2D eigenvalue weighted by atomic mass is 16.5. The number of hydrogen-bond acceptors (Lipinski definition) is 11. The summed E-state index contributed by atoms with van der Waals surface area (Å²) in [4.78, 5) is 31.4. The zero-order valence-electron chi connectivity index (χ0n) is 20.0. The molecule has 12 heteroatoms. The Morgan fingerprint density at radius 3 is 2.44 bits per heavy atom. The second-order valence-electron chi connectivity index (χ2n) is 8.27. The molecule has 0 spiro atoms. The summed E-state index contributed by atoms with van der Waals surface area (Å²) in [7, 11) is 1.75. The zero-order valence-corrected chi connectivity index (χ0v) is 20.0. The maximum Gasteiger partial charge on any atom is 0.300 e. The van der Waals surface area contributed by atoms with Gasteiger partial charge in [-0.05, 0) is 12.1 Å². The molecule has 0 aromatic carbocycles. The number of carbonyl (C=O) groups is 1. The summed E-state index contributed by atoms with van der Waals surface area (Å²) in [5.41, 5.74) is 2.39. The van der Waals surface area contributed by atoms with Crippen molar-refractivity contribution in [1.29, 1.82) is 5.41 Å². The van der Waals surface area contributed by atoms with Gasteiger partial charge in [-0.25, -0.2) is 9.97 Å². The molecular formula is C24H28N8O4. The quantitative estimate of drug-likeness (QED) is 0.418. The fourth-order valence-electron chi connectivity index (χ4n) is 4.11. The van der Waals surface area contributed by atoms with Crippen LogP contribution in [0, 0.1) is 5.41 Å². The Labute approximate surface area is 207 Å². The Morgan fingerprint density at radius 2 is 1.75 bits per heavy atom. The topological polar surface area (TPSA) is 142 Å². The van der Waals surface area contributed by atoms with E-state index in [0.29, 0.717) is 98.3 Å². The summed E-state index contributed by atoms with van der Waals surface area (Å²) in [5.74, 6) is 0.520. The van der Waals surface area contributed by atoms with E-state index in [2.05, 4.69) is 20.6 Å². The molecule has 2 saturated heterocycles. The van der Waals surface area contributed by atoms with Crippen molar-refractivity contribution in [2.45, 2.75) is 0 Å². The van der Waals surface area contributed by atoms with Crippen LogP contribution >= 0.6 is 0 Å². The van der Waals surface area contributed by atoms with Crippen LogP contribution in [0.4, 0.5) is 17.7 Å². The number of amides is 1. The average molecular weight is 493 g/mol. The lowest BCUT2D eigenvalue weighted by Gasteiger charge is -2.29. The SMILES string of the molecule is CN/C=C(\C=N)c1cccc(NC(=O)c2cc3oc(N4CCOCC4)nc3nc2N2CCOCC2)n1. The molecule has 2 fully saturated rings. The van der Waals surface area contributed by atoms with Gasteiger partial charge in [-0.2, -0.15) is 4.98 Å². The smallest absolute Gasteiger partial charge is 0.300 e. The Hall–Kier alpha value is -4.03. The van der Waals surface area contributed by atoms with Gasteiger partial charge in [0.1, 0.15) is 11.6 Å². The first kappa shape index (κ1) is 23.7. The third-order valence-corrected chi connectivity index (χ3v) is 5.93. The first-order valence-corrected chi connectivity index (χ1v) is 11.8. The maximum absolute atomic E-state index is 13.5. The van der Waals surface area contributed by atoms with Crippen LogP contribution in [0.1, 0.15) is 16.1 Å². The van der Waals surface area contributed by atoms with E-state index >= 15 is 0 Å². The van der Waals surface area contributed by atoms with E-state index in [9.17, 15) is 4.79 Å². The molecule has 0 unspecified atom stereocenters. The van der Waals surface area contributed by atoms with Crippen molar-refractivity contribution < 1.29 is 18.7 Å². The van der Waals surface area contributed by atoms with Crippen LogP contribution in [0.5, 0.6) is 0 Å². The average Bonchev–Trinajstić information content (AvgIpc) is 3.35. The Balaban J connectivity index is 1.48. The van der Waals surface area contributed by atoms with E-state index in [0.717, 1.165) is 0 Å². The zero-order chi connectivity index (χ0) is 24.9. The molecule has 2 aliphatic heterocycles. The molecule has 0 atom stereocenters. The molecule has 5 rings (SSSR count). The highest BCUT2D eigenvalue weighted by Crippen LogP contribution is 2.28. The molecule has 36 heavy (non-hydrogen) atoms. The summed E-state index contributed by atoms with van der Waals surface area (Å²) in [6, 6.07) is 7.41. The van der Waals surface area contributed by atoms with Crippen molar-refractivity contribution in [3.05, 3.63) is 41.7 Å². The summed E-state index contributed by atoms with van der Waals surface area (Å²) in [6.45, 7) is 4.88. The van der Waals surface area contributed by atoms with Crippen LogP contribution in [0.25, 0.3) is 16.8 Å². The summed E-state index contributed by atoms with van der Waals surface area (Å²) < 4.78 is 16.9. The van der Waals surface area contributed by atoms with Crippen LogP contribution in [0.3, 0.4) is 0 Å². The molecule has 12 nitrogen and oxygen atoms in total. The second-order valence-corrected chi connectivity index (χ2v) is 8.27. The van der Waals surface area contributed by atoms with Gasteiger partial charge in [-0.15, -0.1) is 0 Å². The van der Waals surface area contributed by atoms with Gasteiger partial charge in [0, 0.05) is 57.3 Å². The van der Waals surface area contributed by atoms with Crippen LogP contribution in [0.2, 0.25) is 0 Å². The normalized spacial score (nSPS) is 16.8. The third kappa shape index (κ3) is 4.99. The fraction of sp³-hybridized carbons (Fsp3) is 0.375. The van der Waals surface area contributed by atoms with Gasteiger partial charge in [0.15, 0.2) is 5.58 Å². The molecule has 3 N–H and O–H groups in total. The van der Waals surface area contributed by atoms with E-state index < -0.39 is 0 Å². The molecule has 5 heterocycles. The first-order valence-electron chi connectivity index (χ1n) is 11.8. The predicted molar refractivity (Wildman–Crippen MR) is 136 cm³/mol. The Morgan fingerprint density at radius 1 is 1.03 bits per heavy atom. The highest BCUT2D eigenvalue weighted by Gasteiger charge is 2.25. The number of allylic oxidation sites excluding steroid dienone is 1. The van der Waals surface area contributed by atoms with Crippen molar-refractivity contribution in [3.63, 3.8) is 0 Å². The number of hydrogen-bond donors (Lipinski definition) is 3. The summed E-state index contributed by atoms with van der Waals surface area (Å²) in [5, 5.41) is 13.4. The minimum Gasteiger partial charge on any atom is -0.422 e. The van der Waals surface area contributed by atoms with Gasteiger partial charge in [0.05, 0.1) is 37.7 Å². The predicted octanol–water partition coefficient (Wildman–Crippen LogP) is 1.75. The standard InChI is InChI=1S/C24H28N8O4/c1-26-15-16(14-25)18-3-2-4-20(27-18)28-23(33)17-13-19-21(29-22(17)31-5-9-34-10-6-31)30-24(36-19)32-7-11-35-12-8-32/h2-4,13-15,25-26H,5-12H2,1H3,(H,27,28,33)/b16-15+,25-14?. The van der Waals surface area contributed by atoms with E-state index in [1.165, 1.54) is 6.21 Å². The van der Waals surface area contributed by atoms with Crippen molar-refractivity contribution in [3.8, 4) is 0 Å². The lowest BCUT2D eigenvalue weighted by Crippen LogP contribution is -2.38. The number of rotatable bonds is 7. The molecule has 2 aliphatic rings. The number of nitrogens with one attached hydrogen (secondary N) is 3. The minimum absolute atomic E-state index is 0.360. The fourth-order valence-corrected chi connectivity index (χ4v) is 4.11. The number of carbonyl (C=O) groups excluding carboxylic acids is 1. The van der Waals surface area contributed by atoms with Gasteiger partial charge in [0.25, 0.3) is 11.9 Å². The third-order valence-electron chi connectivity index (χ3n) is 5.93. The van der Waals surface area contributed by atoms with Crippen molar-refractivity contribution in [2.75, 3.05) is 74.8 Å². The number of morpholine rings is 2. The number of pyridine rings is 2. The van der Waals surface area contributed by atoms with Gasteiger partial charge >= 0.3 is 0 Å². The molecule has 1 amide bonds. The molecule has 188 valence electrons. The van der Waals surface area contributed by atoms with Crippen LogP contribution in [-0.2, 0) is 9.47 Å². The monoisotopic (exact) mass is 492 g/mol. The van der Waals surface area contributed by atoms with Crippen LogP contribution in [-0.4, -0.2) is 86.7 Å². The molecule has 3 aromatic rings. The molecule has 0 radical (unpaired) electrons. The number of aromatic nitrogens is 3. The number of anilines is 3. The van der Waals surface area contributed by atoms with E-state index in [1.54, 1.807) is 37.5 Å². The van der Waals surface area contributed by atoms with Crippen molar-refractivity contribution in [2.24, 2.45) is 0 Å². The van der Waals surface area contributed by atoms with E-state index in [1.807, 2.05) is 9.80 Å². The second kappa shape index (κ2) is 10.7. The molecule has 0 saturated carbocycles. The minimum atomic E-state index is -0.367. The number of fused-ring (bicyclic) bond motifs is 1. The molecule has 0 aliphatic carbocycles. The van der Waals surface area contributed by atoms with Gasteiger partial charge in [0.2, 0.25) is 5.65 Å². The van der Waals surface area contributed by atoms with Crippen LogP contribution < -0.4 is 20.4 Å². The first-order chi connectivity index (χ1) is 17.7. The molecule has 3 aromatic heterocycles. The van der Waals surface area contributed by atoms with Gasteiger partial charge in [-0.3, -0.25) is 4.79 Å². The van der Waals surface area contributed by atoms with Gasteiger partial charge < -0.3 is 39.7 Å². The lowest BCUT2D eigenvalue weighted by molar-refractivity contribution is 0.102. The van der Waals surface area contributed by atoms with Crippen molar-refractivity contribution in [1.82, 2.24) is 20.3 Å². The maximum atomic E-state index is 13.5. The highest BCUT2D eigenvalue weighted by molar-refractivity contribution is 6.09. The lowest BCUT2D eigenvalue weighted by atomic mass is 10.2. The van der Waals surface area contributed by atoms with E-state index in [4.69, 9.17) is 24.3 Å². The van der Waals surface area contributed by atoms with E-state index in [-0.39, 0.29) is 5.91 Å². The summed E-state index contributed by atoms with van der Waals surface area (Å²) in [6.07, 6.45) is 2.88. The van der Waals surface area contributed by atoms with Gasteiger partial charge in [-0.1, -0.05) is 6.07 Å². The largest absolute Gasteiger partial charge is 0.422 e.